The van der Waals surface area contributed by atoms with Gasteiger partial charge in [-0.25, -0.2) is 4.68 Å². The van der Waals surface area contributed by atoms with Gasteiger partial charge in [0.15, 0.2) is 11.5 Å². The zero-order valence-electron chi connectivity index (χ0n) is 15.7. The van der Waals surface area contributed by atoms with Crippen LogP contribution in [0, 0.1) is 0 Å². The molecule has 2 heterocycles. The summed E-state index contributed by atoms with van der Waals surface area (Å²) in [5, 5.41) is 7.35. The van der Waals surface area contributed by atoms with E-state index in [9.17, 15) is 9.59 Å². The van der Waals surface area contributed by atoms with Crippen LogP contribution in [-0.4, -0.2) is 26.5 Å². The molecule has 2 aromatic heterocycles. The van der Waals surface area contributed by atoms with Gasteiger partial charge in [0.2, 0.25) is 0 Å². The van der Waals surface area contributed by atoms with Crippen molar-refractivity contribution in [1.29, 1.82) is 0 Å². The Morgan fingerprint density at radius 3 is 2.34 bits per heavy atom. The van der Waals surface area contributed by atoms with Crippen molar-refractivity contribution in [2.24, 2.45) is 0 Å². The lowest BCUT2D eigenvalue weighted by molar-refractivity contribution is 0.101. The summed E-state index contributed by atoms with van der Waals surface area (Å²) in [5.41, 5.74) is 3.93. The van der Waals surface area contributed by atoms with Crippen LogP contribution in [0.4, 0.5) is 5.69 Å². The zero-order valence-corrected chi connectivity index (χ0v) is 15.7. The van der Waals surface area contributed by atoms with Crippen LogP contribution in [0.1, 0.15) is 27.8 Å². The predicted octanol–water partition coefficient (Wildman–Crippen LogP) is 4.39. The molecule has 0 radical (unpaired) electrons. The van der Waals surface area contributed by atoms with Gasteiger partial charge in [0.25, 0.3) is 5.91 Å². The number of hydrogen-bond donors (Lipinski definition) is 1. The molecule has 0 aliphatic carbocycles. The second-order valence-corrected chi connectivity index (χ2v) is 6.49. The first-order valence-corrected chi connectivity index (χ1v) is 9.10. The highest BCUT2D eigenvalue weighted by molar-refractivity contribution is 6.04. The standard InChI is InChI=1S/C23H18N4O2/c1-16(28)17-9-11-19(12-10-17)25-23(29)21-14-22(18-6-5-13-24-15-18)27(26-21)20-7-3-2-4-8-20/h2-15H,1H3,(H,25,29). The Labute approximate surface area is 167 Å². The van der Waals surface area contributed by atoms with Gasteiger partial charge in [-0.1, -0.05) is 18.2 Å². The van der Waals surface area contributed by atoms with E-state index in [0.29, 0.717) is 11.3 Å². The Morgan fingerprint density at radius 2 is 1.69 bits per heavy atom. The van der Waals surface area contributed by atoms with Crippen molar-refractivity contribution in [3.05, 3.63) is 96.4 Å². The fourth-order valence-electron chi connectivity index (χ4n) is 2.96. The van der Waals surface area contributed by atoms with Crippen LogP contribution in [0.15, 0.2) is 85.2 Å². The van der Waals surface area contributed by atoms with Crippen molar-refractivity contribution in [2.45, 2.75) is 6.92 Å². The molecule has 0 unspecified atom stereocenters. The third-order valence-corrected chi connectivity index (χ3v) is 4.45. The quantitative estimate of drug-likeness (QED) is 0.519. The Morgan fingerprint density at radius 1 is 0.931 bits per heavy atom. The number of Topliss-reactive ketones (excluding diaryl/α,β-unsaturated/α-hetero) is 1. The van der Waals surface area contributed by atoms with E-state index in [1.54, 1.807) is 47.4 Å². The Kier molecular flexibility index (Phi) is 4.99. The van der Waals surface area contributed by atoms with Crippen LogP contribution in [0.25, 0.3) is 16.9 Å². The average Bonchev–Trinajstić information content (AvgIpc) is 3.21. The van der Waals surface area contributed by atoms with Crippen LogP contribution < -0.4 is 5.32 Å². The molecule has 0 aliphatic rings. The number of ketones is 1. The molecule has 0 atom stereocenters. The molecule has 4 rings (SSSR count). The average molecular weight is 382 g/mol. The SMILES string of the molecule is CC(=O)c1ccc(NC(=O)c2cc(-c3cccnc3)n(-c3ccccc3)n2)cc1. The molecular formula is C23H18N4O2. The second kappa shape index (κ2) is 7.90. The number of carbonyl (C=O) groups is 2. The van der Waals surface area contributed by atoms with E-state index in [2.05, 4.69) is 15.4 Å². The second-order valence-electron chi connectivity index (χ2n) is 6.49. The molecule has 6 heteroatoms. The summed E-state index contributed by atoms with van der Waals surface area (Å²) in [5.74, 6) is -0.356. The number of aromatic nitrogens is 3. The third kappa shape index (κ3) is 3.96. The topological polar surface area (TPSA) is 76.9 Å². The van der Waals surface area contributed by atoms with Gasteiger partial charge < -0.3 is 5.32 Å². The predicted molar refractivity (Wildman–Crippen MR) is 111 cm³/mol. The van der Waals surface area contributed by atoms with Gasteiger partial charge in [-0.15, -0.1) is 0 Å². The number of nitrogens with zero attached hydrogens (tertiary/aromatic N) is 3. The first-order valence-electron chi connectivity index (χ1n) is 9.10. The van der Waals surface area contributed by atoms with Crippen LogP contribution in [-0.2, 0) is 0 Å². The lowest BCUT2D eigenvalue weighted by atomic mass is 10.1. The van der Waals surface area contributed by atoms with E-state index in [4.69, 9.17) is 0 Å². The van der Waals surface area contributed by atoms with E-state index >= 15 is 0 Å². The highest BCUT2D eigenvalue weighted by Gasteiger charge is 2.17. The molecule has 0 saturated carbocycles. The van der Waals surface area contributed by atoms with Crippen molar-refractivity contribution in [3.8, 4) is 16.9 Å². The van der Waals surface area contributed by atoms with Crippen molar-refractivity contribution in [2.75, 3.05) is 5.32 Å². The summed E-state index contributed by atoms with van der Waals surface area (Å²) in [6.07, 6.45) is 3.43. The van der Waals surface area contributed by atoms with Gasteiger partial charge in [0.1, 0.15) is 0 Å². The number of nitrogens with one attached hydrogen (secondary N) is 1. The van der Waals surface area contributed by atoms with E-state index in [1.165, 1.54) is 6.92 Å². The molecule has 0 saturated heterocycles. The van der Waals surface area contributed by atoms with Crippen LogP contribution >= 0.6 is 0 Å². The van der Waals surface area contributed by atoms with Crippen LogP contribution in [0.5, 0.6) is 0 Å². The minimum atomic E-state index is -0.333. The lowest BCUT2D eigenvalue weighted by Gasteiger charge is -2.06. The maximum atomic E-state index is 12.8. The number of para-hydroxylation sites is 1. The van der Waals surface area contributed by atoms with Gasteiger partial charge >= 0.3 is 0 Å². The molecule has 142 valence electrons. The summed E-state index contributed by atoms with van der Waals surface area (Å²) in [7, 11) is 0. The van der Waals surface area contributed by atoms with Gasteiger partial charge in [0.05, 0.1) is 11.4 Å². The minimum Gasteiger partial charge on any atom is -0.321 e. The summed E-state index contributed by atoms with van der Waals surface area (Å²) in [6.45, 7) is 1.50. The number of pyridine rings is 1. The molecule has 0 fully saturated rings. The number of hydrogen-bond acceptors (Lipinski definition) is 4. The highest BCUT2D eigenvalue weighted by atomic mass is 16.2. The fourth-order valence-corrected chi connectivity index (χ4v) is 2.96. The molecule has 4 aromatic rings. The number of rotatable bonds is 5. The van der Waals surface area contributed by atoms with Crippen LogP contribution in [0.2, 0.25) is 0 Å². The number of amides is 1. The number of carbonyl (C=O) groups excluding carboxylic acids is 2. The van der Waals surface area contributed by atoms with Crippen LogP contribution in [0.3, 0.4) is 0 Å². The number of anilines is 1. The maximum Gasteiger partial charge on any atom is 0.276 e. The molecular weight excluding hydrogens is 364 g/mol. The smallest absolute Gasteiger partial charge is 0.276 e. The number of benzene rings is 2. The first kappa shape index (κ1) is 18.3. The van der Waals surface area contributed by atoms with Crippen molar-refractivity contribution < 1.29 is 9.59 Å². The maximum absolute atomic E-state index is 12.8. The highest BCUT2D eigenvalue weighted by Crippen LogP contribution is 2.24. The van der Waals surface area contributed by atoms with E-state index < -0.39 is 0 Å². The van der Waals surface area contributed by atoms with E-state index in [-0.39, 0.29) is 17.4 Å². The molecule has 0 aliphatic heterocycles. The molecule has 1 amide bonds. The summed E-state index contributed by atoms with van der Waals surface area (Å²) in [4.78, 5) is 28.4. The fraction of sp³-hybridized carbons (Fsp3) is 0.0435. The monoisotopic (exact) mass is 382 g/mol. The summed E-state index contributed by atoms with van der Waals surface area (Å²) in [6, 6.07) is 21.9. The van der Waals surface area contributed by atoms with Gasteiger partial charge in [-0.3, -0.25) is 14.6 Å². The summed E-state index contributed by atoms with van der Waals surface area (Å²) >= 11 is 0. The molecule has 29 heavy (non-hydrogen) atoms. The largest absolute Gasteiger partial charge is 0.321 e. The van der Waals surface area contributed by atoms with Crippen molar-refractivity contribution in [1.82, 2.24) is 14.8 Å². The minimum absolute atomic E-state index is 0.0226. The van der Waals surface area contributed by atoms with Gasteiger partial charge in [0, 0.05) is 29.2 Å². The van der Waals surface area contributed by atoms with E-state index in [0.717, 1.165) is 16.9 Å². The lowest BCUT2D eigenvalue weighted by Crippen LogP contribution is -2.13. The molecule has 0 spiro atoms. The normalized spacial score (nSPS) is 10.5. The third-order valence-electron chi connectivity index (χ3n) is 4.45. The Bertz CT molecular complexity index is 1090. The summed E-state index contributed by atoms with van der Waals surface area (Å²) < 4.78 is 1.73. The molecule has 2 aromatic carbocycles. The van der Waals surface area contributed by atoms with Gasteiger partial charge in [-0.2, -0.15) is 5.10 Å². The Hall–Kier alpha value is -4.06. The van der Waals surface area contributed by atoms with Crippen molar-refractivity contribution in [3.63, 3.8) is 0 Å². The molecule has 0 bridgehead atoms. The Balaban J connectivity index is 1.68. The van der Waals surface area contributed by atoms with Gasteiger partial charge in [-0.05, 0) is 61.5 Å². The molecule has 6 nitrogen and oxygen atoms in total. The van der Waals surface area contributed by atoms with Crippen molar-refractivity contribution >= 4 is 17.4 Å². The first-order chi connectivity index (χ1) is 14.1. The van der Waals surface area contributed by atoms with E-state index in [1.807, 2.05) is 42.5 Å². The molecule has 1 N–H and O–H groups in total. The zero-order chi connectivity index (χ0) is 20.2.